The SMILES string of the molecule is CCCCC(C)N[C@H](C)c1ccccc1Br. The lowest BCUT2D eigenvalue weighted by atomic mass is 10.1. The van der Waals surface area contributed by atoms with Crippen LogP contribution in [0.15, 0.2) is 28.7 Å². The first kappa shape index (κ1) is 13.7. The maximum absolute atomic E-state index is 3.64. The van der Waals surface area contributed by atoms with Crippen molar-refractivity contribution in [3.8, 4) is 0 Å². The van der Waals surface area contributed by atoms with E-state index in [1.165, 1.54) is 29.3 Å². The molecule has 1 aromatic carbocycles. The third kappa shape index (κ3) is 4.26. The molecule has 0 bridgehead atoms. The van der Waals surface area contributed by atoms with Crippen LogP contribution in [0.4, 0.5) is 0 Å². The molecule has 1 N–H and O–H groups in total. The lowest BCUT2D eigenvalue weighted by molar-refractivity contribution is 0.443. The van der Waals surface area contributed by atoms with Crippen molar-refractivity contribution in [1.29, 1.82) is 0 Å². The van der Waals surface area contributed by atoms with Gasteiger partial charge in [-0.2, -0.15) is 0 Å². The quantitative estimate of drug-likeness (QED) is 0.800. The van der Waals surface area contributed by atoms with Gasteiger partial charge in [0.25, 0.3) is 0 Å². The van der Waals surface area contributed by atoms with E-state index >= 15 is 0 Å². The molecular formula is C14H22BrN. The first-order valence-electron chi connectivity index (χ1n) is 6.15. The number of hydrogen-bond acceptors (Lipinski definition) is 1. The molecule has 90 valence electrons. The minimum atomic E-state index is 0.405. The van der Waals surface area contributed by atoms with Gasteiger partial charge in [0, 0.05) is 16.6 Å². The van der Waals surface area contributed by atoms with Crippen LogP contribution in [-0.2, 0) is 0 Å². The molecule has 0 saturated carbocycles. The van der Waals surface area contributed by atoms with Gasteiger partial charge in [0.15, 0.2) is 0 Å². The molecule has 0 saturated heterocycles. The summed E-state index contributed by atoms with van der Waals surface area (Å²) in [7, 11) is 0. The van der Waals surface area contributed by atoms with E-state index in [0.717, 1.165) is 0 Å². The summed E-state index contributed by atoms with van der Waals surface area (Å²) in [4.78, 5) is 0. The van der Waals surface area contributed by atoms with Gasteiger partial charge in [0.05, 0.1) is 0 Å². The second kappa shape index (κ2) is 7.08. The molecule has 0 fully saturated rings. The molecule has 0 aromatic heterocycles. The Bertz CT molecular complexity index is 311. The van der Waals surface area contributed by atoms with Crippen LogP contribution in [-0.4, -0.2) is 6.04 Å². The fraction of sp³-hybridized carbons (Fsp3) is 0.571. The van der Waals surface area contributed by atoms with Crippen LogP contribution < -0.4 is 5.32 Å². The van der Waals surface area contributed by atoms with Crippen molar-refractivity contribution in [2.24, 2.45) is 0 Å². The van der Waals surface area contributed by atoms with Gasteiger partial charge in [-0.05, 0) is 31.9 Å². The van der Waals surface area contributed by atoms with Gasteiger partial charge in [0.1, 0.15) is 0 Å². The molecule has 0 aliphatic rings. The molecule has 2 heteroatoms. The molecule has 1 rings (SSSR count). The van der Waals surface area contributed by atoms with E-state index in [0.29, 0.717) is 12.1 Å². The van der Waals surface area contributed by atoms with Crippen molar-refractivity contribution in [3.05, 3.63) is 34.3 Å². The third-order valence-electron chi connectivity index (χ3n) is 2.90. The smallest absolute Gasteiger partial charge is 0.0305 e. The number of unbranched alkanes of at least 4 members (excludes halogenated alkanes) is 1. The first-order valence-corrected chi connectivity index (χ1v) is 6.95. The molecule has 0 amide bonds. The Kier molecular flexibility index (Phi) is 6.07. The molecule has 0 aliphatic carbocycles. The van der Waals surface area contributed by atoms with E-state index in [4.69, 9.17) is 0 Å². The summed E-state index contributed by atoms with van der Waals surface area (Å²) < 4.78 is 1.19. The highest BCUT2D eigenvalue weighted by molar-refractivity contribution is 9.10. The average Bonchev–Trinajstić information content (AvgIpc) is 2.26. The molecule has 1 aromatic rings. The van der Waals surface area contributed by atoms with Crippen LogP contribution in [0.5, 0.6) is 0 Å². The van der Waals surface area contributed by atoms with E-state index in [9.17, 15) is 0 Å². The van der Waals surface area contributed by atoms with Crippen LogP contribution in [0.2, 0.25) is 0 Å². The molecule has 16 heavy (non-hydrogen) atoms. The maximum atomic E-state index is 3.64. The van der Waals surface area contributed by atoms with Crippen molar-refractivity contribution < 1.29 is 0 Å². The van der Waals surface area contributed by atoms with Crippen molar-refractivity contribution >= 4 is 15.9 Å². The predicted molar refractivity (Wildman–Crippen MR) is 74.7 cm³/mol. The standard InChI is InChI=1S/C14H22BrN/c1-4-5-8-11(2)16-12(3)13-9-6-7-10-14(13)15/h6-7,9-12,16H,4-5,8H2,1-3H3/t11?,12-/m1/s1. The van der Waals surface area contributed by atoms with Crippen LogP contribution >= 0.6 is 15.9 Å². The summed E-state index contributed by atoms with van der Waals surface area (Å²) in [5, 5.41) is 3.64. The topological polar surface area (TPSA) is 12.0 Å². The molecule has 1 unspecified atom stereocenters. The lowest BCUT2D eigenvalue weighted by Gasteiger charge is -2.21. The van der Waals surface area contributed by atoms with Gasteiger partial charge >= 0.3 is 0 Å². The number of benzene rings is 1. The van der Waals surface area contributed by atoms with E-state index in [1.54, 1.807) is 0 Å². The predicted octanol–water partition coefficient (Wildman–Crippen LogP) is 4.68. The Morgan fingerprint density at radius 3 is 2.56 bits per heavy atom. The maximum Gasteiger partial charge on any atom is 0.0305 e. The third-order valence-corrected chi connectivity index (χ3v) is 3.62. The molecular weight excluding hydrogens is 262 g/mol. The number of hydrogen-bond donors (Lipinski definition) is 1. The van der Waals surface area contributed by atoms with E-state index in [-0.39, 0.29) is 0 Å². The highest BCUT2D eigenvalue weighted by Gasteiger charge is 2.11. The zero-order valence-corrected chi connectivity index (χ0v) is 12.0. The second-order valence-corrected chi connectivity index (χ2v) is 5.31. The van der Waals surface area contributed by atoms with Gasteiger partial charge in [-0.1, -0.05) is 53.9 Å². The van der Waals surface area contributed by atoms with Crippen LogP contribution in [0.25, 0.3) is 0 Å². The van der Waals surface area contributed by atoms with E-state index in [1.807, 2.05) is 0 Å². The summed E-state index contributed by atoms with van der Waals surface area (Å²) in [6.07, 6.45) is 3.83. The summed E-state index contributed by atoms with van der Waals surface area (Å²) in [5.41, 5.74) is 1.34. The number of rotatable bonds is 6. The lowest BCUT2D eigenvalue weighted by Crippen LogP contribution is -2.29. The Morgan fingerprint density at radius 1 is 1.25 bits per heavy atom. The summed E-state index contributed by atoms with van der Waals surface area (Å²) in [6, 6.07) is 9.42. The highest BCUT2D eigenvalue weighted by atomic mass is 79.9. The summed E-state index contributed by atoms with van der Waals surface area (Å²) >= 11 is 3.60. The van der Waals surface area contributed by atoms with Gasteiger partial charge in [-0.15, -0.1) is 0 Å². The van der Waals surface area contributed by atoms with Crippen LogP contribution in [0.3, 0.4) is 0 Å². The Hall–Kier alpha value is -0.340. The molecule has 0 aliphatic heterocycles. The summed E-state index contributed by atoms with van der Waals surface area (Å²) in [6.45, 7) is 6.73. The minimum Gasteiger partial charge on any atom is -0.308 e. The monoisotopic (exact) mass is 283 g/mol. The van der Waals surface area contributed by atoms with Crippen molar-refractivity contribution in [2.45, 2.75) is 52.1 Å². The zero-order chi connectivity index (χ0) is 12.0. The van der Waals surface area contributed by atoms with Gasteiger partial charge in [-0.25, -0.2) is 0 Å². The number of nitrogens with one attached hydrogen (secondary N) is 1. The largest absolute Gasteiger partial charge is 0.308 e. The first-order chi connectivity index (χ1) is 7.65. The zero-order valence-electron chi connectivity index (χ0n) is 10.5. The van der Waals surface area contributed by atoms with Crippen LogP contribution in [0.1, 0.15) is 51.6 Å². The fourth-order valence-electron chi connectivity index (χ4n) is 1.94. The van der Waals surface area contributed by atoms with Gasteiger partial charge < -0.3 is 5.32 Å². The average molecular weight is 284 g/mol. The second-order valence-electron chi connectivity index (χ2n) is 4.45. The van der Waals surface area contributed by atoms with Crippen molar-refractivity contribution in [3.63, 3.8) is 0 Å². The number of halogens is 1. The normalized spacial score (nSPS) is 14.8. The Morgan fingerprint density at radius 2 is 1.94 bits per heavy atom. The van der Waals surface area contributed by atoms with Gasteiger partial charge in [-0.3, -0.25) is 0 Å². The molecule has 0 radical (unpaired) electrons. The minimum absolute atomic E-state index is 0.405. The Balaban J connectivity index is 2.52. The van der Waals surface area contributed by atoms with Crippen LogP contribution in [0, 0.1) is 0 Å². The van der Waals surface area contributed by atoms with Crippen molar-refractivity contribution in [1.82, 2.24) is 5.32 Å². The molecule has 0 spiro atoms. The molecule has 1 nitrogen and oxygen atoms in total. The highest BCUT2D eigenvalue weighted by Crippen LogP contribution is 2.23. The fourth-order valence-corrected chi connectivity index (χ4v) is 2.56. The van der Waals surface area contributed by atoms with Crippen molar-refractivity contribution in [2.75, 3.05) is 0 Å². The Labute approximate surface area is 108 Å². The van der Waals surface area contributed by atoms with E-state index < -0.39 is 0 Å². The van der Waals surface area contributed by atoms with Gasteiger partial charge in [0.2, 0.25) is 0 Å². The molecule has 2 atom stereocenters. The van der Waals surface area contributed by atoms with E-state index in [2.05, 4.69) is 66.3 Å². The molecule has 0 heterocycles. The summed E-state index contributed by atoms with van der Waals surface area (Å²) in [5.74, 6) is 0.